The van der Waals surface area contributed by atoms with Crippen LogP contribution in [0.4, 0.5) is 4.39 Å². The number of halogens is 2. The fourth-order valence-corrected chi connectivity index (χ4v) is 3.64. The molecule has 3 unspecified atom stereocenters. The number of carbonyl (C=O) groups is 1. The number of hydrogen-bond donors (Lipinski definition) is 1. The summed E-state index contributed by atoms with van der Waals surface area (Å²) in [5.74, 6) is -0.506. The highest BCUT2D eigenvalue weighted by Gasteiger charge is 2.36. The van der Waals surface area contributed by atoms with Crippen molar-refractivity contribution < 1.29 is 14.3 Å². The second-order valence-corrected chi connectivity index (χ2v) is 6.85. The molecular formula is C17H22ClFO2. The molecule has 2 rings (SSSR count). The van der Waals surface area contributed by atoms with Crippen LogP contribution in [0.3, 0.4) is 0 Å². The average molecular weight is 313 g/mol. The van der Waals surface area contributed by atoms with Gasteiger partial charge in [0, 0.05) is 0 Å². The Balaban J connectivity index is 2.20. The van der Waals surface area contributed by atoms with E-state index in [2.05, 4.69) is 13.8 Å². The lowest BCUT2D eigenvalue weighted by molar-refractivity contribution is -0.145. The minimum atomic E-state index is -0.760. The molecule has 1 saturated carbocycles. The van der Waals surface area contributed by atoms with Crippen LogP contribution in [0, 0.1) is 29.5 Å². The second-order valence-electron chi connectivity index (χ2n) is 6.44. The molecule has 0 bridgehead atoms. The van der Waals surface area contributed by atoms with Crippen molar-refractivity contribution in [2.24, 2.45) is 23.7 Å². The maximum atomic E-state index is 14.1. The summed E-state index contributed by atoms with van der Waals surface area (Å²) < 4.78 is 14.1. The Morgan fingerprint density at radius 2 is 2.14 bits per heavy atom. The molecule has 1 aliphatic carbocycles. The van der Waals surface area contributed by atoms with Gasteiger partial charge in [0.2, 0.25) is 0 Å². The van der Waals surface area contributed by atoms with Crippen LogP contribution in [-0.2, 0) is 11.2 Å². The van der Waals surface area contributed by atoms with Gasteiger partial charge in [-0.15, -0.1) is 0 Å². The first-order chi connectivity index (χ1) is 9.90. The maximum Gasteiger partial charge on any atom is 0.306 e. The number of rotatable bonds is 4. The van der Waals surface area contributed by atoms with Crippen molar-refractivity contribution >= 4 is 17.6 Å². The van der Waals surface area contributed by atoms with Crippen molar-refractivity contribution in [1.29, 1.82) is 0 Å². The zero-order valence-electron chi connectivity index (χ0n) is 12.5. The van der Waals surface area contributed by atoms with Gasteiger partial charge < -0.3 is 5.11 Å². The molecule has 4 heteroatoms. The van der Waals surface area contributed by atoms with E-state index in [1.165, 1.54) is 6.07 Å². The molecule has 21 heavy (non-hydrogen) atoms. The molecule has 0 radical (unpaired) electrons. The van der Waals surface area contributed by atoms with E-state index in [1.807, 2.05) is 0 Å². The monoisotopic (exact) mass is 312 g/mol. The molecule has 1 fully saturated rings. The third kappa shape index (κ3) is 3.76. The van der Waals surface area contributed by atoms with Crippen LogP contribution < -0.4 is 0 Å². The zero-order chi connectivity index (χ0) is 15.6. The summed E-state index contributed by atoms with van der Waals surface area (Å²) >= 11 is 5.82. The topological polar surface area (TPSA) is 37.3 Å². The van der Waals surface area contributed by atoms with E-state index >= 15 is 0 Å². The second kappa shape index (κ2) is 6.78. The van der Waals surface area contributed by atoms with E-state index in [4.69, 9.17) is 11.6 Å². The van der Waals surface area contributed by atoms with Crippen LogP contribution >= 0.6 is 11.6 Å². The van der Waals surface area contributed by atoms with E-state index in [0.29, 0.717) is 30.2 Å². The minimum absolute atomic E-state index is 0.0170. The smallest absolute Gasteiger partial charge is 0.306 e. The van der Waals surface area contributed by atoms with Crippen molar-refractivity contribution in [3.05, 3.63) is 34.6 Å². The van der Waals surface area contributed by atoms with E-state index in [9.17, 15) is 14.3 Å². The zero-order valence-corrected chi connectivity index (χ0v) is 13.2. The summed E-state index contributed by atoms with van der Waals surface area (Å²) in [7, 11) is 0. The van der Waals surface area contributed by atoms with Crippen LogP contribution in [0.2, 0.25) is 5.02 Å². The van der Waals surface area contributed by atoms with Crippen LogP contribution in [0.5, 0.6) is 0 Å². The van der Waals surface area contributed by atoms with Crippen molar-refractivity contribution in [2.45, 2.75) is 39.5 Å². The lowest BCUT2D eigenvalue weighted by Gasteiger charge is -2.36. The summed E-state index contributed by atoms with van der Waals surface area (Å²) in [5.41, 5.74) is 0.531. The molecule has 1 aromatic rings. The highest BCUT2D eigenvalue weighted by molar-refractivity contribution is 6.30. The van der Waals surface area contributed by atoms with E-state index in [0.717, 1.165) is 12.8 Å². The fraction of sp³-hybridized carbons (Fsp3) is 0.588. The van der Waals surface area contributed by atoms with Gasteiger partial charge in [-0.05, 0) is 55.1 Å². The molecule has 0 amide bonds. The normalized spacial score (nSPS) is 26.0. The number of aliphatic carboxylic acids is 1. The van der Waals surface area contributed by atoms with Gasteiger partial charge in [0.15, 0.2) is 0 Å². The Hall–Kier alpha value is -1.09. The first kappa shape index (κ1) is 16.3. The van der Waals surface area contributed by atoms with Gasteiger partial charge in [0.05, 0.1) is 10.9 Å². The highest BCUT2D eigenvalue weighted by atomic mass is 35.5. The van der Waals surface area contributed by atoms with Gasteiger partial charge in [0.1, 0.15) is 5.82 Å². The van der Waals surface area contributed by atoms with E-state index in [-0.39, 0.29) is 16.9 Å². The van der Waals surface area contributed by atoms with Gasteiger partial charge in [0.25, 0.3) is 0 Å². The highest BCUT2D eigenvalue weighted by Crippen LogP contribution is 2.39. The molecular weight excluding hydrogens is 291 g/mol. The largest absolute Gasteiger partial charge is 0.481 e. The molecule has 0 aromatic heterocycles. The minimum Gasteiger partial charge on any atom is -0.481 e. The standard InChI is InChI=1S/C17H22ClFO2/c1-10(2)11-6-7-14(17(20)21)13(8-11)9-12-4-3-5-15(18)16(12)19/h3-5,10-11,13-14H,6-9H2,1-2H3,(H,20,21). The fourth-order valence-electron chi connectivity index (χ4n) is 3.45. The quantitative estimate of drug-likeness (QED) is 0.867. The molecule has 3 atom stereocenters. The van der Waals surface area contributed by atoms with Crippen LogP contribution in [0.25, 0.3) is 0 Å². The molecule has 1 N–H and O–H groups in total. The summed E-state index contributed by atoms with van der Waals surface area (Å²) in [4.78, 5) is 11.5. The number of carboxylic acid groups (broad SMARTS) is 1. The van der Waals surface area contributed by atoms with E-state index < -0.39 is 11.8 Å². The Labute approximate surface area is 130 Å². The molecule has 2 nitrogen and oxygen atoms in total. The molecule has 116 valence electrons. The van der Waals surface area contributed by atoms with Gasteiger partial charge in [-0.2, -0.15) is 0 Å². The van der Waals surface area contributed by atoms with Crippen molar-refractivity contribution in [2.75, 3.05) is 0 Å². The molecule has 0 spiro atoms. The number of benzene rings is 1. The van der Waals surface area contributed by atoms with Crippen LogP contribution in [-0.4, -0.2) is 11.1 Å². The van der Waals surface area contributed by atoms with Crippen molar-refractivity contribution in [1.82, 2.24) is 0 Å². The maximum absolute atomic E-state index is 14.1. The summed E-state index contributed by atoms with van der Waals surface area (Å²) in [6.45, 7) is 4.34. The Morgan fingerprint density at radius 1 is 1.43 bits per heavy atom. The third-order valence-corrected chi connectivity index (χ3v) is 5.09. The van der Waals surface area contributed by atoms with Crippen LogP contribution in [0.1, 0.15) is 38.7 Å². The summed E-state index contributed by atoms with van der Waals surface area (Å²) in [6.07, 6.45) is 2.93. The van der Waals surface area contributed by atoms with Crippen molar-refractivity contribution in [3.8, 4) is 0 Å². The predicted octanol–water partition coefficient (Wildman–Crippen LogP) is 4.79. The Kier molecular flexibility index (Phi) is 5.26. The average Bonchev–Trinajstić information content (AvgIpc) is 2.43. The lowest BCUT2D eigenvalue weighted by atomic mass is 9.69. The SMILES string of the molecule is CC(C)C1CCC(C(=O)O)C(Cc2cccc(Cl)c2F)C1. The molecule has 1 aromatic carbocycles. The summed E-state index contributed by atoms with van der Waals surface area (Å²) in [6, 6.07) is 4.95. The van der Waals surface area contributed by atoms with E-state index in [1.54, 1.807) is 12.1 Å². The number of carboxylic acids is 1. The van der Waals surface area contributed by atoms with Crippen molar-refractivity contribution in [3.63, 3.8) is 0 Å². The molecule has 1 aliphatic rings. The number of hydrogen-bond acceptors (Lipinski definition) is 1. The first-order valence-electron chi connectivity index (χ1n) is 7.55. The predicted molar refractivity (Wildman–Crippen MR) is 81.9 cm³/mol. The molecule has 0 saturated heterocycles. The van der Waals surface area contributed by atoms with Gasteiger partial charge in [-0.1, -0.05) is 37.6 Å². The first-order valence-corrected chi connectivity index (χ1v) is 7.93. The van der Waals surface area contributed by atoms with Crippen LogP contribution in [0.15, 0.2) is 18.2 Å². The Morgan fingerprint density at radius 3 is 2.76 bits per heavy atom. The lowest BCUT2D eigenvalue weighted by Crippen LogP contribution is -2.33. The van der Waals surface area contributed by atoms with Gasteiger partial charge in [-0.3, -0.25) is 4.79 Å². The molecule has 0 heterocycles. The summed E-state index contributed by atoms with van der Waals surface area (Å²) in [5, 5.41) is 9.52. The van der Waals surface area contributed by atoms with Gasteiger partial charge in [-0.25, -0.2) is 4.39 Å². The Bertz CT molecular complexity index is 516. The van der Waals surface area contributed by atoms with Gasteiger partial charge >= 0.3 is 5.97 Å². The molecule has 0 aliphatic heterocycles. The third-order valence-electron chi connectivity index (χ3n) is 4.80.